The Kier molecular flexibility index (Phi) is 6.64. The fourth-order valence-corrected chi connectivity index (χ4v) is 3.32. The number of aromatic nitrogens is 4. The van der Waals surface area contributed by atoms with Crippen LogP contribution in [-0.4, -0.2) is 33.8 Å². The Morgan fingerprint density at radius 3 is 2.53 bits per heavy atom. The molecule has 0 saturated heterocycles. The molecule has 1 aromatic carbocycles. The molecule has 0 aliphatic heterocycles. The van der Waals surface area contributed by atoms with Gasteiger partial charge in [0.25, 0.3) is 5.89 Å². The van der Waals surface area contributed by atoms with E-state index in [-0.39, 0.29) is 12.4 Å². The Balaban J connectivity index is 0.00000256. The molecule has 0 bridgehead atoms. The van der Waals surface area contributed by atoms with E-state index in [1.165, 1.54) is 11.1 Å². The number of nitrogens with zero attached hydrogens (tertiary/aromatic N) is 4. The monoisotopic (exact) mass is 425 g/mol. The molecular weight excluding hydrogens is 402 g/mol. The second-order valence-electron chi connectivity index (χ2n) is 7.13. The highest BCUT2D eigenvalue weighted by atomic mass is 35.5. The third-order valence-corrected chi connectivity index (χ3v) is 4.59. The zero-order chi connectivity index (χ0) is 20.4. The molecule has 7 nitrogen and oxygen atoms in total. The summed E-state index contributed by atoms with van der Waals surface area (Å²) in [5, 5.41) is 8.49. The summed E-state index contributed by atoms with van der Waals surface area (Å²) < 4.78 is 10.6. The van der Waals surface area contributed by atoms with Gasteiger partial charge in [-0.25, -0.2) is 9.97 Å². The summed E-state index contributed by atoms with van der Waals surface area (Å²) in [6.45, 7) is 6.64. The Labute approximate surface area is 181 Å². The molecule has 0 spiro atoms. The third kappa shape index (κ3) is 4.58. The lowest BCUT2D eigenvalue weighted by molar-refractivity contribution is 0.199. The molecule has 0 saturated carbocycles. The van der Waals surface area contributed by atoms with E-state index in [0.29, 0.717) is 30.4 Å². The van der Waals surface area contributed by atoms with Gasteiger partial charge in [0.15, 0.2) is 11.5 Å². The molecule has 8 heteroatoms. The van der Waals surface area contributed by atoms with Crippen LogP contribution in [0.3, 0.4) is 0 Å². The number of anilines is 2. The molecule has 0 fully saturated rings. The second kappa shape index (κ2) is 9.19. The van der Waals surface area contributed by atoms with Crippen molar-refractivity contribution in [1.29, 1.82) is 0 Å². The predicted molar refractivity (Wildman–Crippen MR) is 120 cm³/mol. The second-order valence-corrected chi connectivity index (χ2v) is 7.13. The van der Waals surface area contributed by atoms with Crippen molar-refractivity contribution in [3.05, 3.63) is 59.2 Å². The smallest absolute Gasteiger partial charge is 0.261 e. The maximum atomic E-state index is 5.53. The minimum Gasteiger partial charge on any atom is -0.384 e. The van der Waals surface area contributed by atoms with Gasteiger partial charge in [-0.15, -0.1) is 12.4 Å². The highest BCUT2D eigenvalue weighted by Gasteiger charge is 2.18. The zero-order valence-electron chi connectivity index (χ0n) is 17.4. The van der Waals surface area contributed by atoms with Crippen LogP contribution in [0.15, 0.2) is 41.1 Å². The van der Waals surface area contributed by atoms with Crippen LogP contribution >= 0.6 is 12.4 Å². The molecule has 0 atom stereocenters. The summed E-state index contributed by atoms with van der Waals surface area (Å²) >= 11 is 0. The molecular formula is C22H24ClN5O2. The van der Waals surface area contributed by atoms with E-state index >= 15 is 0 Å². The Bertz CT molecular complexity index is 1160. The first-order valence-electron chi connectivity index (χ1n) is 9.47. The van der Waals surface area contributed by atoms with Crippen molar-refractivity contribution in [3.8, 4) is 11.5 Å². The summed E-state index contributed by atoms with van der Waals surface area (Å²) in [7, 11) is 1.65. The molecule has 4 aromatic rings. The lowest BCUT2D eigenvalue weighted by atomic mass is 10.1. The number of methoxy groups -OCH3 is 1. The highest BCUT2D eigenvalue weighted by molar-refractivity contribution is 5.98. The summed E-state index contributed by atoms with van der Waals surface area (Å²) in [5.41, 5.74) is 6.50. The van der Waals surface area contributed by atoms with Crippen LogP contribution in [-0.2, 0) is 11.2 Å². The number of aryl methyl sites for hydroxylation is 3. The van der Waals surface area contributed by atoms with Crippen molar-refractivity contribution in [2.75, 3.05) is 19.0 Å². The van der Waals surface area contributed by atoms with Crippen molar-refractivity contribution in [3.63, 3.8) is 0 Å². The van der Waals surface area contributed by atoms with Crippen LogP contribution in [0.4, 0.5) is 11.4 Å². The van der Waals surface area contributed by atoms with E-state index in [2.05, 4.69) is 57.5 Å². The summed E-state index contributed by atoms with van der Waals surface area (Å²) in [6, 6.07) is 10.3. The van der Waals surface area contributed by atoms with Crippen molar-refractivity contribution >= 4 is 34.8 Å². The molecule has 3 heterocycles. The SMILES string of the molecule is COCCc1noc(-c2cnc3nc(C)ccc3c2Nc2cc(C)cc(C)c2)n1.Cl. The van der Waals surface area contributed by atoms with Gasteiger partial charge in [0.2, 0.25) is 0 Å². The topological polar surface area (TPSA) is 86.0 Å². The van der Waals surface area contributed by atoms with Crippen LogP contribution in [0.2, 0.25) is 0 Å². The number of nitrogens with one attached hydrogen (secondary N) is 1. The molecule has 4 rings (SSSR count). The van der Waals surface area contributed by atoms with Gasteiger partial charge in [-0.3, -0.25) is 0 Å². The van der Waals surface area contributed by atoms with Crippen LogP contribution in [0.25, 0.3) is 22.5 Å². The average molecular weight is 426 g/mol. The average Bonchev–Trinajstić information content (AvgIpc) is 3.14. The van der Waals surface area contributed by atoms with Crippen molar-refractivity contribution in [1.82, 2.24) is 20.1 Å². The molecule has 30 heavy (non-hydrogen) atoms. The lowest BCUT2D eigenvalue weighted by Gasteiger charge is -2.14. The molecule has 3 aromatic heterocycles. The van der Waals surface area contributed by atoms with E-state index < -0.39 is 0 Å². The summed E-state index contributed by atoms with van der Waals surface area (Å²) in [6.07, 6.45) is 2.31. The number of fused-ring (bicyclic) bond motifs is 1. The predicted octanol–water partition coefficient (Wildman–Crippen LogP) is 4.96. The van der Waals surface area contributed by atoms with E-state index in [1.807, 2.05) is 19.1 Å². The van der Waals surface area contributed by atoms with Crippen LogP contribution in [0, 0.1) is 20.8 Å². The van der Waals surface area contributed by atoms with Gasteiger partial charge in [0.05, 0.1) is 17.9 Å². The largest absolute Gasteiger partial charge is 0.384 e. The quantitative estimate of drug-likeness (QED) is 0.467. The molecule has 1 N–H and O–H groups in total. The Morgan fingerprint density at radius 1 is 1.03 bits per heavy atom. The fraction of sp³-hybridized carbons (Fsp3) is 0.273. The number of benzene rings is 1. The highest BCUT2D eigenvalue weighted by Crippen LogP contribution is 2.35. The first kappa shape index (κ1) is 21.7. The van der Waals surface area contributed by atoms with Gasteiger partial charge < -0.3 is 14.6 Å². The molecule has 0 unspecified atom stereocenters. The minimum atomic E-state index is 0. The fourth-order valence-electron chi connectivity index (χ4n) is 3.32. The Hall–Kier alpha value is -3.03. The van der Waals surface area contributed by atoms with Crippen LogP contribution in [0.1, 0.15) is 22.6 Å². The van der Waals surface area contributed by atoms with Gasteiger partial charge in [0, 0.05) is 36.5 Å². The molecule has 0 radical (unpaired) electrons. The van der Waals surface area contributed by atoms with Crippen molar-refractivity contribution in [2.45, 2.75) is 27.2 Å². The number of hydrogen-bond donors (Lipinski definition) is 1. The maximum Gasteiger partial charge on any atom is 0.261 e. The maximum absolute atomic E-state index is 5.53. The van der Waals surface area contributed by atoms with Gasteiger partial charge in [-0.1, -0.05) is 11.2 Å². The molecule has 0 aliphatic rings. The number of rotatable bonds is 6. The number of ether oxygens (including phenoxy) is 1. The van der Waals surface area contributed by atoms with Gasteiger partial charge >= 0.3 is 0 Å². The van der Waals surface area contributed by atoms with Crippen LogP contribution in [0.5, 0.6) is 0 Å². The zero-order valence-corrected chi connectivity index (χ0v) is 18.2. The minimum absolute atomic E-state index is 0. The first-order chi connectivity index (χ1) is 14.0. The number of hydrogen-bond acceptors (Lipinski definition) is 7. The van der Waals surface area contributed by atoms with E-state index in [1.54, 1.807) is 13.3 Å². The molecule has 156 valence electrons. The van der Waals surface area contributed by atoms with Gasteiger partial charge in [-0.05, 0) is 56.2 Å². The lowest BCUT2D eigenvalue weighted by Crippen LogP contribution is -1.99. The summed E-state index contributed by atoms with van der Waals surface area (Å²) in [5.74, 6) is 1.01. The Morgan fingerprint density at radius 2 is 1.80 bits per heavy atom. The van der Waals surface area contributed by atoms with Gasteiger partial charge in [-0.2, -0.15) is 4.98 Å². The van der Waals surface area contributed by atoms with Crippen LogP contribution < -0.4 is 5.32 Å². The van der Waals surface area contributed by atoms with E-state index in [9.17, 15) is 0 Å². The van der Waals surface area contributed by atoms with Crippen molar-refractivity contribution in [2.24, 2.45) is 0 Å². The molecule has 0 aliphatic carbocycles. The first-order valence-corrected chi connectivity index (χ1v) is 9.47. The normalized spacial score (nSPS) is 10.8. The van der Waals surface area contributed by atoms with Crippen molar-refractivity contribution < 1.29 is 9.26 Å². The third-order valence-electron chi connectivity index (χ3n) is 4.59. The number of pyridine rings is 2. The van der Waals surface area contributed by atoms with E-state index in [0.717, 1.165) is 28.0 Å². The van der Waals surface area contributed by atoms with E-state index in [4.69, 9.17) is 9.26 Å². The summed E-state index contributed by atoms with van der Waals surface area (Å²) in [4.78, 5) is 13.6. The standard InChI is InChI=1S/C22H23N5O2.ClH/c1-13-9-14(2)11-16(10-13)25-20-17-6-5-15(3)24-21(17)23-12-18(20)22-26-19(27-29-22)7-8-28-4;/h5-6,9-12H,7-8H2,1-4H3,(H,23,24,25);1H. The molecule has 0 amide bonds. The number of halogens is 1. The van der Waals surface area contributed by atoms with Gasteiger partial charge in [0.1, 0.15) is 0 Å².